The molecule has 0 saturated carbocycles. The van der Waals surface area contributed by atoms with E-state index in [2.05, 4.69) is 0 Å². The molecule has 2 unspecified atom stereocenters. The Balaban J connectivity index is 3.54. The second-order valence-electron chi connectivity index (χ2n) is 4.39. The lowest BCUT2D eigenvalue weighted by Gasteiger charge is -2.15. The van der Waals surface area contributed by atoms with Crippen molar-refractivity contribution in [2.75, 3.05) is 13.2 Å². The van der Waals surface area contributed by atoms with Gasteiger partial charge in [-0.15, -0.1) is 0 Å². The molecule has 4 nitrogen and oxygen atoms in total. The van der Waals surface area contributed by atoms with Gasteiger partial charge in [0.05, 0.1) is 13.2 Å². The van der Waals surface area contributed by atoms with Crippen LogP contribution in [0.25, 0.3) is 0 Å². The molecule has 0 aromatic rings. The SMILES string of the molecule is CC(=O)OCC(C)CCC(C)COC(C)=O. The van der Waals surface area contributed by atoms with Crippen molar-refractivity contribution in [3.05, 3.63) is 0 Å². The molecule has 0 amide bonds. The molecule has 16 heavy (non-hydrogen) atoms. The number of hydrogen-bond acceptors (Lipinski definition) is 4. The number of rotatable bonds is 7. The Kier molecular flexibility index (Phi) is 7.60. The quantitative estimate of drug-likeness (QED) is 0.629. The summed E-state index contributed by atoms with van der Waals surface area (Å²) in [5.41, 5.74) is 0. The van der Waals surface area contributed by atoms with Gasteiger partial charge in [-0.2, -0.15) is 0 Å². The molecular formula is C12H22O4. The Bertz CT molecular complexity index is 201. The number of ether oxygens (including phenoxy) is 2. The van der Waals surface area contributed by atoms with Crippen LogP contribution in [0.4, 0.5) is 0 Å². The Morgan fingerprint density at radius 2 is 1.19 bits per heavy atom. The lowest BCUT2D eigenvalue weighted by molar-refractivity contribution is -0.143. The smallest absolute Gasteiger partial charge is 0.302 e. The van der Waals surface area contributed by atoms with Crippen molar-refractivity contribution in [3.8, 4) is 0 Å². The maximum atomic E-state index is 10.6. The molecule has 0 rings (SSSR count). The number of carbonyl (C=O) groups excluding carboxylic acids is 2. The maximum absolute atomic E-state index is 10.6. The lowest BCUT2D eigenvalue weighted by Crippen LogP contribution is -2.13. The van der Waals surface area contributed by atoms with Crippen LogP contribution in [-0.4, -0.2) is 25.2 Å². The van der Waals surface area contributed by atoms with Crippen molar-refractivity contribution in [3.63, 3.8) is 0 Å². The first-order valence-electron chi connectivity index (χ1n) is 5.68. The van der Waals surface area contributed by atoms with Gasteiger partial charge in [-0.25, -0.2) is 0 Å². The molecule has 2 atom stereocenters. The molecule has 0 aliphatic rings. The first kappa shape index (κ1) is 14.9. The van der Waals surface area contributed by atoms with E-state index in [9.17, 15) is 9.59 Å². The van der Waals surface area contributed by atoms with Crippen molar-refractivity contribution in [2.45, 2.75) is 40.5 Å². The number of hydrogen-bond donors (Lipinski definition) is 0. The zero-order valence-corrected chi connectivity index (χ0v) is 10.6. The van der Waals surface area contributed by atoms with Crippen LogP contribution in [0.15, 0.2) is 0 Å². The summed E-state index contributed by atoms with van der Waals surface area (Å²) in [6.07, 6.45) is 1.94. The van der Waals surface area contributed by atoms with Gasteiger partial charge in [0.25, 0.3) is 0 Å². The highest BCUT2D eigenvalue weighted by Gasteiger charge is 2.09. The molecule has 0 heterocycles. The van der Waals surface area contributed by atoms with Gasteiger partial charge in [0.15, 0.2) is 0 Å². The van der Waals surface area contributed by atoms with Gasteiger partial charge in [0, 0.05) is 13.8 Å². The first-order valence-corrected chi connectivity index (χ1v) is 5.68. The highest BCUT2D eigenvalue weighted by atomic mass is 16.5. The summed E-state index contributed by atoms with van der Waals surface area (Å²) in [6.45, 7) is 7.85. The normalized spacial score (nSPS) is 14.0. The van der Waals surface area contributed by atoms with Crippen molar-refractivity contribution in [1.82, 2.24) is 0 Å². The third kappa shape index (κ3) is 9.49. The second kappa shape index (κ2) is 8.13. The van der Waals surface area contributed by atoms with E-state index in [4.69, 9.17) is 9.47 Å². The zero-order valence-electron chi connectivity index (χ0n) is 10.6. The highest BCUT2D eigenvalue weighted by molar-refractivity contribution is 5.66. The monoisotopic (exact) mass is 230 g/mol. The zero-order chi connectivity index (χ0) is 12.6. The molecule has 4 heteroatoms. The molecule has 0 aliphatic carbocycles. The molecule has 0 fully saturated rings. The van der Waals surface area contributed by atoms with Gasteiger partial charge in [-0.05, 0) is 24.7 Å². The summed E-state index contributed by atoms with van der Waals surface area (Å²) in [5.74, 6) is 0.229. The molecule has 0 aliphatic heterocycles. The topological polar surface area (TPSA) is 52.6 Å². The van der Waals surface area contributed by atoms with Crippen LogP contribution >= 0.6 is 0 Å². The van der Waals surface area contributed by atoms with Gasteiger partial charge in [-0.1, -0.05) is 13.8 Å². The maximum Gasteiger partial charge on any atom is 0.302 e. The lowest BCUT2D eigenvalue weighted by atomic mass is 9.99. The van der Waals surface area contributed by atoms with Crippen LogP contribution in [0.5, 0.6) is 0 Å². The van der Waals surface area contributed by atoms with Crippen LogP contribution < -0.4 is 0 Å². The van der Waals surface area contributed by atoms with Gasteiger partial charge >= 0.3 is 11.9 Å². The molecule has 0 radical (unpaired) electrons. The van der Waals surface area contributed by atoms with E-state index in [1.54, 1.807) is 0 Å². The van der Waals surface area contributed by atoms with Crippen LogP contribution in [-0.2, 0) is 19.1 Å². The van der Waals surface area contributed by atoms with Gasteiger partial charge in [0.2, 0.25) is 0 Å². The second-order valence-corrected chi connectivity index (χ2v) is 4.39. The Morgan fingerprint density at radius 3 is 1.44 bits per heavy atom. The summed E-state index contributed by atoms with van der Waals surface area (Å²) in [7, 11) is 0. The third-order valence-corrected chi connectivity index (χ3v) is 2.29. The fourth-order valence-electron chi connectivity index (χ4n) is 1.25. The van der Waals surface area contributed by atoms with Crippen LogP contribution in [0.3, 0.4) is 0 Å². The molecule has 0 saturated heterocycles. The standard InChI is InChI=1S/C12H22O4/c1-9(7-15-11(3)13)5-6-10(2)8-16-12(4)14/h9-10H,5-8H2,1-4H3. The van der Waals surface area contributed by atoms with E-state index in [1.807, 2.05) is 13.8 Å². The van der Waals surface area contributed by atoms with E-state index in [0.29, 0.717) is 25.0 Å². The molecule has 0 aromatic carbocycles. The largest absolute Gasteiger partial charge is 0.466 e. The minimum absolute atomic E-state index is 0.236. The summed E-state index contributed by atoms with van der Waals surface area (Å²) < 4.78 is 9.82. The summed E-state index contributed by atoms with van der Waals surface area (Å²) in [4.78, 5) is 21.2. The predicted molar refractivity (Wildman–Crippen MR) is 60.8 cm³/mol. The number of esters is 2. The summed E-state index contributed by atoms with van der Waals surface area (Å²) >= 11 is 0. The van der Waals surface area contributed by atoms with E-state index in [-0.39, 0.29) is 11.9 Å². The van der Waals surface area contributed by atoms with Crippen molar-refractivity contribution in [2.24, 2.45) is 11.8 Å². The molecule has 94 valence electrons. The minimum atomic E-state index is -0.236. The number of carbonyl (C=O) groups is 2. The Hall–Kier alpha value is -1.06. The molecule has 0 spiro atoms. The van der Waals surface area contributed by atoms with Gasteiger partial charge in [-0.3, -0.25) is 9.59 Å². The van der Waals surface area contributed by atoms with Crippen LogP contribution in [0.2, 0.25) is 0 Å². The fourth-order valence-corrected chi connectivity index (χ4v) is 1.25. The van der Waals surface area contributed by atoms with Gasteiger partial charge in [0.1, 0.15) is 0 Å². The molecule has 0 bridgehead atoms. The average molecular weight is 230 g/mol. The van der Waals surface area contributed by atoms with Crippen LogP contribution in [0.1, 0.15) is 40.5 Å². The van der Waals surface area contributed by atoms with Crippen molar-refractivity contribution >= 4 is 11.9 Å². The van der Waals surface area contributed by atoms with E-state index >= 15 is 0 Å². The minimum Gasteiger partial charge on any atom is -0.466 e. The van der Waals surface area contributed by atoms with Crippen molar-refractivity contribution in [1.29, 1.82) is 0 Å². The van der Waals surface area contributed by atoms with E-state index in [1.165, 1.54) is 13.8 Å². The summed E-state index contributed by atoms with van der Waals surface area (Å²) in [5, 5.41) is 0. The van der Waals surface area contributed by atoms with E-state index < -0.39 is 0 Å². The predicted octanol–water partition coefficient (Wildman–Crippen LogP) is 2.17. The first-order chi connectivity index (χ1) is 7.41. The van der Waals surface area contributed by atoms with Crippen LogP contribution in [0, 0.1) is 11.8 Å². The Labute approximate surface area is 97.3 Å². The molecular weight excluding hydrogens is 208 g/mol. The average Bonchev–Trinajstić information content (AvgIpc) is 2.20. The Morgan fingerprint density at radius 1 is 0.875 bits per heavy atom. The summed E-state index contributed by atoms with van der Waals surface area (Å²) in [6, 6.07) is 0. The van der Waals surface area contributed by atoms with E-state index in [0.717, 1.165) is 12.8 Å². The highest BCUT2D eigenvalue weighted by Crippen LogP contribution is 2.13. The fraction of sp³-hybridized carbons (Fsp3) is 0.833. The van der Waals surface area contributed by atoms with Gasteiger partial charge < -0.3 is 9.47 Å². The molecule has 0 N–H and O–H groups in total. The molecule has 0 aromatic heterocycles. The van der Waals surface area contributed by atoms with Crippen molar-refractivity contribution < 1.29 is 19.1 Å². The third-order valence-electron chi connectivity index (χ3n) is 2.29.